The lowest BCUT2D eigenvalue weighted by Crippen LogP contribution is -2.24. The van der Waals surface area contributed by atoms with Crippen molar-refractivity contribution in [3.05, 3.63) is 35.8 Å². The number of aryl methyl sites for hydroxylation is 2. The fourth-order valence-electron chi connectivity index (χ4n) is 2.23. The van der Waals surface area contributed by atoms with E-state index < -0.39 is 0 Å². The fourth-order valence-corrected chi connectivity index (χ4v) is 2.23. The Morgan fingerprint density at radius 1 is 1.37 bits per heavy atom. The second kappa shape index (κ2) is 5.73. The van der Waals surface area contributed by atoms with Gasteiger partial charge in [-0.25, -0.2) is 0 Å². The predicted molar refractivity (Wildman–Crippen MR) is 78.2 cm³/mol. The maximum atomic E-state index is 6.14. The molecular weight excluding hydrogens is 238 g/mol. The van der Waals surface area contributed by atoms with Gasteiger partial charge in [0.25, 0.3) is 0 Å². The molecule has 0 amide bonds. The molecule has 0 aromatic carbocycles. The van der Waals surface area contributed by atoms with Gasteiger partial charge in [-0.1, -0.05) is 13.0 Å². The molecule has 0 bridgehead atoms. The average molecular weight is 259 g/mol. The van der Waals surface area contributed by atoms with E-state index in [1.54, 1.807) is 0 Å². The van der Waals surface area contributed by atoms with Gasteiger partial charge in [-0.05, 0) is 18.6 Å². The summed E-state index contributed by atoms with van der Waals surface area (Å²) in [5, 5.41) is 4.44. The van der Waals surface area contributed by atoms with Gasteiger partial charge in [0, 0.05) is 39.0 Å². The van der Waals surface area contributed by atoms with Crippen molar-refractivity contribution in [1.29, 1.82) is 0 Å². The van der Waals surface area contributed by atoms with Crippen LogP contribution < -0.4 is 10.6 Å². The molecule has 0 aliphatic heterocycles. The summed E-state index contributed by atoms with van der Waals surface area (Å²) < 4.78 is 1.85. The molecular formula is C14H21N5. The molecule has 0 saturated heterocycles. The second-order valence-corrected chi connectivity index (χ2v) is 4.65. The van der Waals surface area contributed by atoms with E-state index >= 15 is 0 Å². The van der Waals surface area contributed by atoms with Gasteiger partial charge in [0.1, 0.15) is 5.82 Å². The molecule has 19 heavy (non-hydrogen) atoms. The van der Waals surface area contributed by atoms with Crippen molar-refractivity contribution in [2.24, 2.45) is 7.05 Å². The molecule has 0 aliphatic carbocycles. The lowest BCUT2D eigenvalue weighted by Gasteiger charge is -2.19. The van der Waals surface area contributed by atoms with Crippen LogP contribution in [-0.2, 0) is 19.9 Å². The molecule has 2 aromatic heterocycles. The quantitative estimate of drug-likeness (QED) is 0.886. The first kappa shape index (κ1) is 13.4. The van der Waals surface area contributed by atoms with Crippen LogP contribution in [0.25, 0.3) is 0 Å². The molecule has 0 unspecified atom stereocenters. The molecule has 0 radical (unpaired) electrons. The van der Waals surface area contributed by atoms with Crippen molar-refractivity contribution in [3.8, 4) is 0 Å². The summed E-state index contributed by atoms with van der Waals surface area (Å²) in [4.78, 5) is 6.47. The first-order valence-electron chi connectivity index (χ1n) is 6.55. The van der Waals surface area contributed by atoms with E-state index in [4.69, 9.17) is 5.73 Å². The molecule has 0 spiro atoms. The summed E-state index contributed by atoms with van der Waals surface area (Å²) in [5.74, 6) is 0.979. The number of nitrogens with two attached hydrogens (primary N) is 1. The molecule has 2 heterocycles. The first-order valence-corrected chi connectivity index (χ1v) is 6.55. The Balaban J connectivity index is 2.08. The van der Waals surface area contributed by atoms with E-state index in [9.17, 15) is 0 Å². The third-order valence-corrected chi connectivity index (χ3v) is 3.26. The molecule has 2 rings (SSSR count). The summed E-state index contributed by atoms with van der Waals surface area (Å²) in [6.45, 7) is 2.93. The van der Waals surface area contributed by atoms with Crippen molar-refractivity contribution in [2.75, 3.05) is 24.2 Å². The van der Waals surface area contributed by atoms with Crippen molar-refractivity contribution in [3.63, 3.8) is 0 Å². The number of pyridine rings is 1. The van der Waals surface area contributed by atoms with Gasteiger partial charge >= 0.3 is 0 Å². The molecule has 0 aliphatic rings. The summed E-state index contributed by atoms with van der Waals surface area (Å²) in [6.07, 6.45) is 3.57. The number of hydrogen-bond donors (Lipinski definition) is 1. The van der Waals surface area contributed by atoms with E-state index in [2.05, 4.69) is 21.9 Å². The number of anilines is 2. The predicted octanol–water partition coefficient (Wildman–Crippen LogP) is 1.64. The monoisotopic (exact) mass is 259 g/mol. The minimum absolute atomic E-state index is 0.786. The molecule has 2 N–H and O–H groups in total. The average Bonchev–Trinajstić information content (AvgIpc) is 2.72. The van der Waals surface area contributed by atoms with Crippen LogP contribution in [0.15, 0.2) is 24.4 Å². The molecule has 5 heteroatoms. The largest absolute Gasteiger partial charge is 0.394 e. The van der Waals surface area contributed by atoms with Crippen LogP contribution in [0.5, 0.6) is 0 Å². The summed E-state index contributed by atoms with van der Waals surface area (Å²) >= 11 is 0. The Bertz CT molecular complexity index is 532. The zero-order valence-corrected chi connectivity index (χ0v) is 11.8. The summed E-state index contributed by atoms with van der Waals surface area (Å²) in [7, 11) is 3.97. The van der Waals surface area contributed by atoms with Crippen molar-refractivity contribution < 1.29 is 0 Å². The Morgan fingerprint density at radius 3 is 2.74 bits per heavy atom. The molecule has 2 aromatic rings. The number of rotatable bonds is 5. The lowest BCUT2D eigenvalue weighted by molar-refractivity contribution is 0.716. The van der Waals surface area contributed by atoms with Crippen molar-refractivity contribution in [2.45, 2.75) is 19.8 Å². The Kier molecular flexibility index (Phi) is 4.04. The Hall–Kier alpha value is -2.04. The third kappa shape index (κ3) is 2.86. The van der Waals surface area contributed by atoms with Gasteiger partial charge in [-0.2, -0.15) is 5.10 Å². The summed E-state index contributed by atoms with van der Waals surface area (Å²) in [5.41, 5.74) is 8.98. The fraction of sp³-hybridized carbons (Fsp3) is 0.429. The van der Waals surface area contributed by atoms with Gasteiger partial charge in [-0.3, -0.25) is 9.67 Å². The SMILES string of the molecule is CCc1nn(C)c(N(C)CCc2ccccn2)c1N. The van der Waals surface area contributed by atoms with Gasteiger partial charge in [-0.15, -0.1) is 0 Å². The molecule has 0 fully saturated rings. The highest BCUT2D eigenvalue weighted by Gasteiger charge is 2.15. The Morgan fingerprint density at radius 2 is 2.16 bits per heavy atom. The van der Waals surface area contributed by atoms with E-state index in [1.165, 1.54) is 0 Å². The maximum absolute atomic E-state index is 6.14. The van der Waals surface area contributed by atoms with Crippen molar-refractivity contribution in [1.82, 2.24) is 14.8 Å². The summed E-state index contributed by atoms with van der Waals surface area (Å²) in [6, 6.07) is 5.98. The standard InChI is InChI=1S/C14H21N5/c1-4-12-13(15)14(19(3)17-12)18(2)10-8-11-7-5-6-9-16-11/h5-7,9H,4,8,10,15H2,1-3H3. The smallest absolute Gasteiger partial charge is 0.150 e. The zero-order chi connectivity index (χ0) is 13.8. The number of nitrogen functional groups attached to an aromatic ring is 1. The zero-order valence-electron chi connectivity index (χ0n) is 11.8. The van der Waals surface area contributed by atoms with Crippen LogP contribution in [0.1, 0.15) is 18.3 Å². The van der Waals surface area contributed by atoms with E-state index in [0.717, 1.165) is 42.3 Å². The number of hydrogen-bond acceptors (Lipinski definition) is 4. The van der Waals surface area contributed by atoms with Crippen LogP contribution in [-0.4, -0.2) is 28.4 Å². The number of nitrogens with zero attached hydrogens (tertiary/aromatic N) is 4. The molecule has 102 valence electrons. The molecule has 0 atom stereocenters. The second-order valence-electron chi connectivity index (χ2n) is 4.65. The highest BCUT2D eigenvalue weighted by atomic mass is 15.4. The third-order valence-electron chi connectivity index (χ3n) is 3.26. The van der Waals surface area contributed by atoms with Crippen LogP contribution in [0, 0.1) is 0 Å². The number of aromatic nitrogens is 3. The molecule has 0 saturated carbocycles. The van der Waals surface area contributed by atoms with Gasteiger partial charge in [0.05, 0.1) is 11.4 Å². The maximum Gasteiger partial charge on any atom is 0.150 e. The minimum Gasteiger partial charge on any atom is -0.394 e. The van der Waals surface area contributed by atoms with Gasteiger partial charge in [0.15, 0.2) is 0 Å². The van der Waals surface area contributed by atoms with Crippen LogP contribution in [0.2, 0.25) is 0 Å². The first-order chi connectivity index (χ1) is 9.13. The minimum atomic E-state index is 0.786. The highest BCUT2D eigenvalue weighted by molar-refractivity contribution is 5.66. The normalized spacial score (nSPS) is 10.7. The van der Waals surface area contributed by atoms with Crippen LogP contribution >= 0.6 is 0 Å². The van der Waals surface area contributed by atoms with E-state index in [1.807, 2.05) is 43.2 Å². The van der Waals surface area contributed by atoms with E-state index in [-0.39, 0.29) is 0 Å². The topological polar surface area (TPSA) is 60.0 Å². The van der Waals surface area contributed by atoms with Gasteiger partial charge in [0.2, 0.25) is 0 Å². The van der Waals surface area contributed by atoms with E-state index in [0.29, 0.717) is 0 Å². The lowest BCUT2D eigenvalue weighted by atomic mass is 10.2. The van der Waals surface area contributed by atoms with Crippen molar-refractivity contribution >= 4 is 11.5 Å². The number of likely N-dealkylation sites (N-methyl/N-ethyl adjacent to an activating group) is 1. The Labute approximate surface area is 114 Å². The molecule has 5 nitrogen and oxygen atoms in total. The van der Waals surface area contributed by atoms with Crippen LogP contribution in [0.3, 0.4) is 0 Å². The van der Waals surface area contributed by atoms with Crippen LogP contribution in [0.4, 0.5) is 11.5 Å². The highest BCUT2D eigenvalue weighted by Crippen LogP contribution is 2.25. The van der Waals surface area contributed by atoms with Gasteiger partial charge < -0.3 is 10.6 Å².